The van der Waals surface area contributed by atoms with Crippen LogP contribution in [0.2, 0.25) is 0 Å². The largest absolute Gasteiger partial charge is 0.347 e. The van der Waals surface area contributed by atoms with E-state index in [0.717, 1.165) is 0 Å². The van der Waals surface area contributed by atoms with Crippen LogP contribution in [-0.4, -0.2) is 39.3 Å². The summed E-state index contributed by atoms with van der Waals surface area (Å²) in [7, 11) is -1.51. The monoisotopic (exact) mass is 364 g/mol. The number of aromatic nitrogens is 2. The maximum absolute atomic E-state index is 12.0. The molecule has 2 saturated heterocycles. The van der Waals surface area contributed by atoms with Gasteiger partial charge in [-0.15, -0.1) is 11.6 Å². The van der Waals surface area contributed by atoms with Crippen molar-refractivity contribution in [2.75, 3.05) is 6.61 Å². The first-order valence-corrected chi connectivity index (χ1v) is 8.69. The molecule has 1 aromatic heterocycles. The Morgan fingerprint density at radius 1 is 1.52 bits per heavy atom. The van der Waals surface area contributed by atoms with Crippen molar-refractivity contribution in [3.63, 3.8) is 0 Å². The molecule has 5 atom stereocenters. The molecule has 0 spiro atoms. The van der Waals surface area contributed by atoms with E-state index in [1.807, 2.05) is 13.8 Å². The molecule has 0 radical (unpaired) electrons. The standard InChI is InChI=1S/C13H18ClN2O6P/c1-7(2)21-23-19-6-8-10(22-23)13(3,14)11(20-8)16-5-4-9(17)15-12(16)18/h4-5,7-8,10-11H,6H2,1-3H3,(H,15,17,18)/t8-,10-,11-,13-,23+/m1/s1. The molecule has 10 heteroatoms. The molecule has 8 nitrogen and oxygen atoms in total. The molecule has 1 N–H and O–H groups in total. The summed E-state index contributed by atoms with van der Waals surface area (Å²) in [6.07, 6.45) is -0.388. The molecule has 2 aliphatic heterocycles. The van der Waals surface area contributed by atoms with E-state index < -0.39 is 43.2 Å². The number of rotatable bonds is 3. The van der Waals surface area contributed by atoms with Gasteiger partial charge in [-0.2, -0.15) is 0 Å². The van der Waals surface area contributed by atoms with E-state index in [0.29, 0.717) is 0 Å². The fraction of sp³-hybridized carbons (Fsp3) is 0.692. The van der Waals surface area contributed by atoms with Crippen LogP contribution < -0.4 is 11.2 Å². The van der Waals surface area contributed by atoms with E-state index in [-0.39, 0.29) is 12.7 Å². The van der Waals surface area contributed by atoms with E-state index in [1.165, 1.54) is 16.8 Å². The van der Waals surface area contributed by atoms with Gasteiger partial charge in [-0.25, -0.2) is 4.79 Å². The van der Waals surface area contributed by atoms with E-state index in [4.69, 9.17) is 29.9 Å². The molecule has 0 aliphatic carbocycles. The van der Waals surface area contributed by atoms with Crippen molar-refractivity contribution in [3.8, 4) is 0 Å². The number of nitrogens with zero attached hydrogens (tertiary/aromatic N) is 1. The van der Waals surface area contributed by atoms with E-state index in [1.54, 1.807) is 6.92 Å². The summed E-state index contributed by atoms with van der Waals surface area (Å²) >= 11 is 6.65. The molecule has 0 amide bonds. The molecular formula is C13H18ClN2O6P. The number of nitrogens with one attached hydrogen (secondary N) is 1. The molecule has 3 heterocycles. The van der Waals surface area contributed by atoms with E-state index >= 15 is 0 Å². The molecule has 3 rings (SSSR count). The molecule has 0 unspecified atom stereocenters. The summed E-state index contributed by atoms with van der Waals surface area (Å²) < 4.78 is 24.0. The predicted molar refractivity (Wildman–Crippen MR) is 83.5 cm³/mol. The second kappa shape index (κ2) is 6.27. The van der Waals surface area contributed by atoms with Crippen molar-refractivity contribution in [1.29, 1.82) is 0 Å². The molecular weight excluding hydrogens is 347 g/mol. The van der Waals surface area contributed by atoms with Crippen LogP contribution in [0.3, 0.4) is 0 Å². The zero-order valence-corrected chi connectivity index (χ0v) is 14.5. The summed E-state index contributed by atoms with van der Waals surface area (Å²) in [5, 5.41) is 0. The van der Waals surface area contributed by atoms with Crippen LogP contribution in [0.25, 0.3) is 0 Å². The van der Waals surface area contributed by atoms with Gasteiger partial charge < -0.3 is 18.3 Å². The van der Waals surface area contributed by atoms with Crippen LogP contribution in [0.15, 0.2) is 21.9 Å². The summed E-state index contributed by atoms with van der Waals surface area (Å²) in [5.74, 6) is 0. The van der Waals surface area contributed by atoms with Crippen molar-refractivity contribution < 1.29 is 18.3 Å². The Kier molecular flexibility index (Phi) is 4.66. The summed E-state index contributed by atoms with van der Waals surface area (Å²) in [4.78, 5) is 24.4. The zero-order chi connectivity index (χ0) is 16.8. The van der Waals surface area contributed by atoms with Crippen LogP contribution in [0.1, 0.15) is 27.0 Å². The number of halogens is 1. The van der Waals surface area contributed by atoms with Gasteiger partial charge in [0.1, 0.15) is 17.1 Å². The number of hydrogen-bond donors (Lipinski definition) is 1. The van der Waals surface area contributed by atoms with Gasteiger partial charge in [0, 0.05) is 12.3 Å². The summed E-state index contributed by atoms with van der Waals surface area (Å²) in [6.45, 7) is 5.76. The highest BCUT2D eigenvalue weighted by molar-refractivity contribution is 7.41. The Morgan fingerprint density at radius 3 is 2.91 bits per heavy atom. The summed E-state index contributed by atoms with van der Waals surface area (Å²) in [5.41, 5.74) is -1.07. The lowest BCUT2D eigenvalue weighted by Crippen LogP contribution is -2.45. The Labute approximate surface area is 138 Å². The van der Waals surface area contributed by atoms with Crippen LogP contribution >= 0.6 is 20.2 Å². The van der Waals surface area contributed by atoms with Crippen molar-refractivity contribution >= 4 is 20.2 Å². The molecule has 2 aliphatic rings. The summed E-state index contributed by atoms with van der Waals surface area (Å²) in [6, 6.07) is 1.24. The first-order chi connectivity index (χ1) is 10.8. The first kappa shape index (κ1) is 17.1. The minimum Gasteiger partial charge on any atom is -0.347 e. The van der Waals surface area contributed by atoms with Gasteiger partial charge in [0.05, 0.1) is 12.7 Å². The minimum absolute atomic E-state index is 0.0424. The van der Waals surface area contributed by atoms with Crippen molar-refractivity contribution in [1.82, 2.24) is 9.55 Å². The average molecular weight is 365 g/mol. The molecule has 0 saturated carbocycles. The maximum atomic E-state index is 12.0. The first-order valence-electron chi connectivity index (χ1n) is 7.21. The third-order valence-electron chi connectivity index (χ3n) is 3.63. The number of hydrogen-bond acceptors (Lipinski definition) is 6. The topological polar surface area (TPSA) is 91.8 Å². The lowest BCUT2D eigenvalue weighted by molar-refractivity contribution is -0.0642. The number of H-pyrrole nitrogens is 1. The van der Waals surface area contributed by atoms with E-state index in [9.17, 15) is 9.59 Å². The molecule has 1 aromatic rings. The fourth-order valence-corrected chi connectivity index (χ4v) is 4.33. The molecule has 23 heavy (non-hydrogen) atoms. The number of alkyl halides is 1. The van der Waals surface area contributed by atoms with Gasteiger partial charge in [-0.1, -0.05) is 0 Å². The highest BCUT2D eigenvalue weighted by Crippen LogP contribution is 2.55. The van der Waals surface area contributed by atoms with Gasteiger partial charge in [0.2, 0.25) is 0 Å². The Balaban J connectivity index is 1.86. The normalized spacial score (nSPS) is 37.1. The van der Waals surface area contributed by atoms with Crippen LogP contribution in [0.4, 0.5) is 0 Å². The van der Waals surface area contributed by atoms with Crippen molar-refractivity contribution in [3.05, 3.63) is 33.1 Å². The number of aromatic amines is 1. The predicted octanol–water partition coefficient (Wildman–Crippen LogP) is 1.50. The second-order valence-electron chi connectivity index (χ2n) is 5.90. The Hall–Kier alpha value is -0.760. The van der Waals surface area contributed by atoms with E-state index in [2.05, 4.69) is 4.98 Å². The van der Waals surface area contributed by atoms with Gasteiger partial charge in [0.25, 0.3) is 5.56 Å². The van der Waals surface area contributed by atoms with Gasteiger partial charge in [-0.3, -0.25) is 14.3 Å². The molecule has 0 aromatic carbocycles. The van der Waals surface area contributed by atoms with Crippen LogP contribution in [0.5, 0.6) is 0 Å². The van der Waals surface area contributed by atoms with Crippen molar-refractivity contribution in [2.45, 2.75) is 50.2 Å². The number of ether oxygens (including phenoxy) is 1. The average Bonchev–Trinajstić information content (AvgIpc) is 2.70. The zero-order valence-electron chi connectivity index (χ0n) is 12.9. The smallest absolute Gasteiger partial charge is 0.333 e. The fourth-order valence-electron chi connectivity index (χ4n) is 2.61. The third kappa shape index (κ3) is 3.24. The highest BCUT2D eigenvalue weighted by atomic mass is 35.5. The number of fused-ring (bicyclic) bond motifs is 1. The van der Waals surface area contributed by atoms with Crippen LogP contribution in [0, 0.1) is 0 Å². The molecule has 128 valence electrons. The van der Waals surface area contributed by atoms with Gasteiger partial charge in [0.15, 0.2) is 6.23 Å². The minimum atomic E-state index is -1.51. The molecule has 0 bridgehead atoms. The molecule has 2 fully saturated rings. The SMILES string of the molecule is CC(C)O[P@]1OC[C@H]2O[C@@H](n3ccc(=O)[nH]c3=O)[C@](C)(Cl)[C@@H]2O1. The van der Waals surface area contributed by atoms with Crippen LogP contribution in [-0.2, 0) is 18.3 Å². The Bertz CT molecular complexity index is 690. The Morgan fingerprint density at radius 2 is 2.26 bits per heavy atom. The van der Waals surface area contributed by atoms with Gasteiger partial charge >= 0.3 is 14.3 Å². The lowest BCUT2D eigenvalue weighted by atomic mass is 10.0. The maximum Gasteiger partial charge on any atom is 0.333 e. The van der Waals surface area contributed by atoms with Crippen molar-refractivity contribution in [2.24, 2.45) is 0 Å². The van der Waals surface area contributed by atoms with Gasteiger partial charge in [-0.05, 0) is 20.8 Å². The third-order valence-corrected chi connectivity index (χ3v) is 5.38. The highest BCUT2D eigenvalue weighted by Gasteiger charge is 2.58. The quantitative estimate of drug-likeness (QED) is 0.645. The second-order valence-corrected chi connectivity index (χ2v) is 7.84. The lowest BCUT2D eigenvalue weighted by Gasteiger charge is -2.34.